The predicted octanol–water partition coefficient (Wildman–Crippen LogP) is 3.02. The van der Waals surface area contributed by atoms with Gasteiger partial charge in [0.05, 0.1) is 38.5 Å². The number of hydrogen-bond acceptors (Lipinski definition) is 5. The quantitative estimate of drug-likeness (QED) is 0.349. The zero-order chi connectivity index (χ0) is 22.8. The van der Waals surface area contributed by atoms with Gasteiger partial charge in [-0.15, -0.1) is 0 Å². The summed E-state index contributed by atoms with van der Waals surface area (Å²) in [6.45, 7) is 3.79. The fourth-order valence-electron chi connectivity index (χ4n) is 6.09. The number of pyridine rings is 2. The smallest absolute Gasteiger partial charge is 0.343 e. The number of cyclic esters (lactones) is 1. The molecule has 4 aliphatic rings. The van der Waals surface area contributed by atoms with E-state index in [1.54, 1.807) is 17.6 Å². The Morgan fingerprint density at radius 2 is 2.12 bits per heavy atom. The summed E-state index contributed by atoms with van der Waals surface area (Å²) in [5, 5.41) is 12.2. The Labute approximate surface area is 191 Å². The summed E-state index contributed by atoms with van der Waals surface area (Å²) >= 11 is 0. The van der Waals surface area contributed by atoms with Crippen molar-refractivity contribution in [3.63, 3.8) is 0 Å². The molecule has 1 fully saturated rings. The van der Waals surface area contributed by atoms with Crippen molar-refractivity contribution in [2.45, 2.75) is 62.9 Å². The van der Waals surface area contributed by atoms with Crippen molar-refractivity contribution in [2.24, 2.45) is 0 Å². The third kappa shape index (κ3) is 2.33. The standard InChI is InChI=1S/C25H21FN2O4Si/c1-3-25(31)14-6-17-21-12(8-28(17)23(29)13(14)9-32-24(25)30)20-19-11(4-5-18-22(20)33-18)10(2)15(26)7-16(19)27-21/h6-7,18,22,31H,3-5,8-9H2,1-2H3/t18?,22?,25-/m0/s1. The molecule has 5 heterocycles. The van der Waals surface area contributed by atoms with Gasteiger partial charge in [-0.1, -0.05) is 6.92 Å². The third-order valence-corrected chi connectivity index (χ3v) is 9.77. The first-order chi connectivity index (χ1) is 15.8. The van der Waals surface area contributed by atoms with Gasteiger partial charge in [0.25, 0.3) is 5.56 Å². The van der Waals surface area contributed by atoms with Crippen LogP contribution in [0.3, 0.4) is 0 Å². The molecular formula is C25H21FN2O4Si. The number of aromatic nitrogens is 2. The van der Waals surface area contributed by atoms with Crippen LogP contribution >= 0.6 is 0 Å². The lowest BCUT2D eigenvalue weighted by Crippen LogP contribution is -2.44. The Balaban J connectivity index is 1.56. The Kier molecular flexibility index (Phi) is 3.67. The molecule has 0 spiro atoms. The van der Waals surface area contributed by atoms with Gasteiger partial charge in [-0.2, -0.15) is 0 Å². The van der Waals surface area contributed by atoms with Gasteiger partial charge >= 0.3 is 5.97 Å². The van der Waals surface area contributed by atoms with Crippen LogP contribution in [0.5, 0.6) is 0 Å². The summed E-state index contributed by atoms with van der Waals surface area (Å²) in [5.41, 5.74) is 5.44. The van der Waals surface area contributed by atoms with Crippen molar-refractivity contribution in [1.29, 1.82) is 0 Å². The molecule has 1 N–H and O–H groups in total. The number of benzene rings is 1. The minimum absolute atomic E-state index is 0.101. The lowest BCUT2D eigenvalue weighted by molar-refractivity contribution is -0.172. The van der Waals surface area contributed by atoms with E-state index < -0.39 is 11.6 Å². The van der Waals surface area contributed by atoms with Crippen molar-refractivity contribution >= 4 is 26.4 Å². The van der Waals surface area contributed by atoms with Crippen LogP contribution < -0.4 is 5.56 Å². The average Bonchev–Trinajstić information content (AvgIpc) is 3.50. The first-order valence-corrected chi connectivity index (χ1v) is 12.6. The van der Waals surface area contributed by atoms with Crippen LogP contribution in [0.2, 0.25) is 5.54 Å². The summed E-state index contributed by atoms with van der Waals surface area (Å²) in [4.78, 5) is 30.8. The maximum Gasteiger partial charge on any atom is 0.343 e. The van der Waals surface area contributed by atoms with Crippen LogP contribution in [0.25, 0.3) is 22.3 Å². The van der Waals surface area contributed by atoms with Crippen LogP contribution in [0.4, 0.5) is 4.39 Å². The molecule has 0 bridgehead atoms. The normalized spacial score (nSPS) is 26.2. The highest BCUT2D eigenvalue weighted by molar-refractivity contribution is 6.54. The number of halogens is 1. The molecule has 7 rings (SSSR count). The molecule has 2 radical (unpaired) electrons. The predicted molar refractivity (Wildman–Crippen MR) is 120 cm³/mol. The average molecular weight is 461 g/mol. The van der Waals surface area contributed by atoms with Gasteiger partial charge in [-0.05, 0) is 60.0 Å². The second kappa shape index (κ2) is 6.18. The number of ether oxygens (including phenoxy) is 1. The molecule has 2 unspecified atom stereocenters. The first kappa shape index (κ1) is 19.6. The molecule has 1 saturated heterocycles. The molecule has 8 heteroatoms. The highest BCUT2D eigenvalue weighted by atomic mass is 28.2. The molecule has 0 amide bonds. The fraction of sp³-hybridized carbons (Fsp3) is 0.400. The van der Waals surface area contributed by atoms with Gasteiger partial charge in [-0.25, -0.2) is 14.2 Å². The Bertz CT molecular complexity index is 1510. The number of carbonyl (C=O) groups excluding carboxylic acids is 1. The number of carbonyl (C=O) groups is 1. The molecule has 166 valence electrons. The summed E-state index contributed by atoms with van der Waals surface area (Å²) < 4.78 is 21.7. The van der Waals surface area contributed by atoms with E-state index in [0.717, 1.165) is 38.9 Å². The Hall–Kier alpha value is -2.84. The topological polar surface area (TPSA) is 81.4 Å². The van der Waals surface area contributed by atoms with Crippen molar-refractivity contribution in [3.8, 4) is 11.4 Å². The minimum Gasteiger partial charge on any atom is -0.458 e. The van der Waals surface area contributed by atoms with E-state index in [-0.39, 0.29) is 24.4 Å². The van der Waals surface area contributed by atoms with E-state index in [0.29, 0.717) is 51.2 Å². The maximum absolute atomic E-state index is 14.8. The lowest BCUT2D eigenvalue weighted by Gasteiger charge is -2.31. The maximum atomic E-state index is 14.8. The van der Waals surface area contributed by atoms with Crippen LogP contribution in [0, 0.1) is 12.7 Å². The summed E-state index contributed by atoms with van der Waals surface area (Å²) in [5.74, 6) is -0.986. The summed E-state index contributed by atoms with van der Waals surface area (Å²) in [6.07, 6.45) is 2.01. The van der Waals surface area contributed by atoms with E-state index in [4.69, 9.17) is 9.72 Å². The molecule has 3 aliphatic heterocycles. The SMILES string of the molecule is CC[C@@]1(O)C(=O)OCc2c1cc1n(c2=O)Cc2c-1nc1cc(F)c(C)c3c1c2C1[Si]C1CC3. The van der Waals surface area contributed by atoms with Crippen LogP contribution in [-0.4, -0.2) is 30.1 Å². The summed E-state index contributed by atoms with van der Waals surface area (Å²) in [7, 11) is 0.842. The first-order valence-electron chi connectivity index (χ1n) is 11.4. The van der Waals surface area contributed by atoms with Gasteiger partial charge < -0.3 is 14.4 Å². The van der Waals surface area contributed by atoms with Crippen molar-refractivity contribution in [1.82, 2.24) is 9.55 Å². The number of nitrogens with zero attached hydrogens (tertiary/aromatic N) is 2. The Morgan fingerprint density at radius 1 is 1.30 bits per heavy atom. The van der Waals surface area contributed by atoms with Crippen molar-refractivity contribution < 1.29 is 19.0 Å². The van der Waals surface area contributed by atoms with E-state index >= 15 is 0 Å². The van der Waals surface area contributed by atoms with Crippen molar-refractivity contribution in [3.05, 3.63) is 61.7 Å². The number of esters is 1. The van der Waals surface area contributed by atoms with E-state index in [1.165, 1.54) is 11.6 Å². The molecule has 1 aliphatic carbocycles. The number of rotatable bonds is 1. The monoisotopic (exact) mass is 460 g/mol. The molecule has 6 nitrogen and oxygen atoms in total. The number of aliphatic hydroxyl groups is 1. The molecule has 3 atom stereocenters. The zero-order valence-corrected chi connectivity index (χ0v) is 19.3. The highest BCUT2D eigenvalue weighted by Gasteiger charge is 2.48. The zero-order valence-electron chi connectivity index (χ0n) is 18.3. The van der Waals surface area contributed by atoms with Gasteiger partial charge in [-0.3, -0.25) is 4.79 Å². The van der Waals surface area contributed by atoms with Gasteiger partial charge in [0.1, 0.15) is 12.4 Å². The lowest BCUT2D eigenvalue weighted by atomic mass is 9.86. The number of hydrogen-bond donors (Lipinski definition) is 1. The second-order valence-corrected chi connectivity index (χ2v) is 11.3. The second-order valence-electron chi connectivity index (χ2n) is 9.60. The highest BCUT2D eigenvalue weighted by Crippen LogP contribution is 2.55. The van der Waals surface area contributed by atoms with Crippen LogP contribution in [-0.2, 0) is 34.7 Å². The fourth-order valence-corrected chi connectivity index (χ4v) is 7.57. The molecular weight excluding hydrogens is 439 g/mol. The van der Waals surface area contributed by atoms with E-state index in [2.05, 4.69) is 0 Å². The molecule has 33 heavy (non-hydrogen) atoms. The number of fused-ring (bicyclic) bond motifs is 7. The molecule has 0 saturated carbocycles. The molecule has 3 aromatic rings. The van der Waals surface area contributed by atoms with Crippen LogP contribution in [0.15, 0.2) is 16.9 Å². The van der Waals surface area contributed by atoms with Crippen LogP contribution in [0.1, 0.15) is 58.7 Å². The Morgan fingerprint density at radius 3 is 2.91 bits per heavy atom. The molecule has 1 aromatic carbocycles. The third-order valence-electron chi connectivity index (χ3n) is 8.05. The molecule has 2 aromatic heterocycles. The summed E-state index contributed by atoms with van der Waals surface area (Å²) in [6, 6.07) is 3.25. The van der Waals surface area contributed by atoms with Crippen molar-refractivity contribution in [2.75, 3.05) is 0 Å². The number of aryl methyl sites for hydroxylation is 1. The van der Waals surface area contributed by atoms with Gasteiger partial charge in [0.15, 0.2) is 5.60 Å². The van der Waals surface area contributed by atoms with Gasteiger partial charge in [0, 0.05) is 22.6 Å². The minimum atomic E-state index is -1.85. The van der Waals surface area contributed by atoms with Gasteiger partial charge in [0.2, 0.25) is 0 Å². The largest absolute Gasteiger partial charge is 0.458 e. The van der Waals surface area contributed by atoms with E-state index in [1.807, 2.05) is 6.92 Å². The van der Waals surface area contributed by atoms with E-state index in [9.17, 15) is 19.1 Å².